The number of benzene rings is 1. The number of carbonyl (C=O) groups is 4. The predicted molar refractivity (Wildman–Crippen MR) is 95.7 cm³/mol. The van der Waals surface area contributed by atoms with E-state index in [9.17, 15) is 19.2 Å². The second-order valence-electron chi connectivity index (χ2n) is 6.19. The molecule has 1 heterocycles. The van der Waals surface area contributed by atoms with Crippen LogP contribution in [0.4, 0.5) is 5.69 Å². The number of ether oxygens (including phenoxy) is 1. The summed E-state index contributed by atoms with van der Waals surface area (Å²) in [5.74, 6) is -1.08. The highest BCUT2D eigenvalue weighted by Crippen LogP contribution is 2.12. The van der Waals surface area contributed by atoms with Crippen molar-refractivity contribution in [2.45, 2.75) is 39.0 Å². The number of anilines is 1. The highest BCUT2D eigenvalue weighted by atomic mass is 16.5. The van der Waals surface area contributed by atoms with Gasteiger partial charge in [-0.25, -0.2) is 0 Å². The molecule has 1 N–H and O–H groups in total. The van der Waals surface area contributed by atoms with Gasteiger partial charge in [-0.15, -0.1) is 0 Å². The zero-order chi connectivity index (χ0) is 18.9. The third-order valence-corrected chi connectivity index (χ3v) is 4.17. The van der Waals surface area contributed by atoms with Gasteiger partial charge in [-0.3, -0.25) is 19.2 Å². The zero-order valence-electron chi connectivity index (χ0n) is 15.0. The molecule has 0 saturated carbocycles. The number of likely N-dealkylation sites (tertiary alicyclic amines) is 1. The molecule has 26 heavy (non-hydrogen) atoms. The Kier molecular flexibility index (Phi) is 7.32. The van der Waals surface area contributed by atoms with Gasteiger partial charge in [0, 0.05) is 30.6 Å². The highest BCUT2D eigenvalue weighted by molar-refractivity contribution is 5.99. The number of amides is 2. The third-order valence-electron chi connectivity index (χ3n) is 4.17. The Labute approximate surface area is 152 Å². The molecular weight excluding hydrogens is 336 g/mol. The van der Waals surface area contributed by atoms with Crippen molar-refractivity contribution in [3.63, 3.8) is 0 Å². The number of nitrogens with zero attached hydrogens (tertiary/aromatic N) is 1. The van der Waals surface area contributed by atoms with Crippen LogP contribution in [0.25, 0.3) is 0 Å². The van der Waals surface area contributed by atoms with E-state index in [1.54, 1.807) is 31.2 Å². The van der Waals surface area contributed by atoms with Crippen LogP contribution in [0.5, 0.6) is 0 Å². The number of esters is 1. The number of hydrogen-bond acceptors (Lipinski definition) is 5. The van der Waals surface area contributed by atoms with E-state index in [1.807, 2.05) is 0 Å². The SMILES string of the molecule is CCC(=O)Nc1ccc(C(=O)COC(=O)CN2CCCCCC2=O)cc1. The molecule has 2 amide bonds. The summed E-state index contributed by atoms with van der Waals surface area (Å²) in [6, 6.07) is 6.39. The van der Waals surface area contributed by atoms with Crippen LogP contribution in [-0.4, -0.2) is 48.2 Å². The molecule has 0 radical (unpaired) electrons. The van der Waals surface area contributed by atoms with Gasteiger partial charge in [-0.1, -0.05) is 13.3 Å². The normalized spacial score (nSPS) is 14.5. The first-order chi connectivity index (χ1) is 12.5. The number of rotatable bonds is 7. The van der Waals surface area contributed by atoms with Crippen LogP contribution >= 0.6 is 0 Å². The average Bonchev–Trinajstić information content (AvgIpc) is 2.84. The van der Waals surface area contributed by atoms with Crippen LogP contribution in [0.2, 0.25) is 0 Å². The summed E-state index contributed by atoms with van der Waals surface area (Å²) >= 11 is 0. The molecule has 1 saturated heterocycles. The van der Waals surface area contributed by atoms with Crippen LogP contribution in [0.1, 0.15) is 49.4 Å². The number of hydrogen-bond donors (Lipinski definition) is 1. The Morgan fingerprint density at radius 3 is 2.54 bits per heavy atom. The Balaban J connectivity index is 1.81. The van der Waals surface area contributed by atoms with Gasteiger partial charge in [0.05, 0.1) is 0 Å². The molecule has 7 heteroatoms. The molecule has 0 bridgehead atoms. The van der Waals surface area contributed by atoms with Crippen LogP contribution < -0.4 is 5.32 Å². The molecule has 140 valence electrons. The van der Waals surface area contributed by atoms with Crippen molar-refractivity contribution in [3.05, 3.63) is 29.8 Å². The third kappa shape index (κ3) is 5.98. The van der Waals surface area contributed by atoms with Crippen molar-refractivity contribution in [3.8, 4) is 0 Å². The van der Waals surface area contributed by atoms with Gasteiger partial charge in [-0.05, 0) is 37.1 Å². The fourth-order valence-corrected chi connectivity index (χ4v) is 2.63. The molecule has 0 spiro atoms. The Morgan fingerprint density at radius 2 is 1.85 bits per heavy atom. The molecule has 2 rings (SSSR count). The van der Waals surface area contributed by atoms with Crippen molar-refractivity contribution in [1.29, 1.82) is 0 Å². The molecule has 1 aliphatic heterocycles. The first kappa shape index (κ1) is 19.6. The van der Waals surface area contributed by atoms with Gasteiger partial charge in [0.2, 0.25) is 11.8 Å². The Bertz CT molecular complexity index is 669. The lowest BCUT2D eigenvalue weighted by Gasteiger charge is -2.19. The standard InChI is InChI=1S/C19H24N2O5/c1-2-17(23)20-15-9-7-14(8-10-15)16(22)13-26-19(25)12-21-11-5-3-4-6-18(21)24/h7-10H,2-6,11-13H2,1H3,(H,20,23). The molecule has 0 aliphatic carbocycles. The number of Topliss-reactive ketones (excluding diaryl/α,β-unsaturated/α-hetero) is 1. The summed E-state index contributed by atoms with van der Waals surface area (Å²) in [6.07, 6.45) is 3.52. The van der Waals surface area contributed by atoms with Crippen molar-refractivity contribution < 1.29 is 23.9 Å². The molecule has 1 aromatic rings. The van der Waals surface area contributed by atoms with E-state index in [0.717, 1.165) is 19.3 Å². The first-order valence-electron chi connectivity index (χ1n) is 8.86. The smallest absolute Gasteiger partial charge is 0.326 e. The van der Waals surface area contributed by atoms with Crippen molar-refractivity contribution >= 4 is 29.3 Å². The second kappa shape index (κ2) is 9.70. The van der Waals surface area contributed by atoms with E-state index in [1.165, 1.54) is 4.90 Å². The molecule has 0 aromatic heterocycles. The summed E-state index contributed by atoms with van der Waals surface area (Å²) in [6.45, 7) is 1.81. The fraction of sp³-hybridized carbons (Fsp3) is 0.474. The monoisotopic (exact) mass is 360 g/mol. The maximum atomic E-state index is 12.1. The largest absolute Gasteiger partial charge is 0.456 e. The van der Waals surface area contributed by atoms with Crippen molar-refractivity contribution in [2.75, 3.05) is 25.0 Å². The maximum Gasteiger partial charge on any atom is 0.326 e. The average molecular weight is 360 g/mol. The number of ketones is 1. The van der Waals surface area contributed by atoms with E-state index >= 15 is 0 Å². The summed E-state index contributed by atoms with van der Waals surface area (Å²) in [7, 11) is 0. The van der Waals surface area contributed by atoms with E-state index in [4.69, 9.17) is 4.74 Å². The quantitative estimate of drug-likeness (QED) is 0.594. The van der Waals surface area contributed by atoms with Crippen molar-refractivity contribution in [1.82, 2.24) is 4.90 Å². The maximum absolute atomic E-state index is 12.1. The molecule has 7 nitrogen and oxygen atoms in total. The Morgan fingerprint density at radius 1 is 1.12 bits per heavy atom. The summed E-state index contributed by atoms with van der Waals surface area (Å²) in [5.41, 5.74) is 0.989. The highest BCUT2D eigenvalue weighted by Gasteiger charge is 2.20. The minimum atomic E-state index is -0.583. The molecule has 1 fully saturated rings. The number of nitrogens with one attached hydrogen (secondary N) is 1. The summed E-state index contributed by atoms with van der Waals surface area (Å²) in [5, 5.41) is 2.69. The van der Waals surface area contributed by atoms with E-state index in [2.05, 4.69) is 5.32 Å². The zero-order valence-corrected chi connectivity index (χ0v) is 15.0. The van der Waals surface area contributed by atoms with Gasteiger partial charge in [-0.2, -0.15) is 0 Å². The minimum absolute atomic E-state index is 0.0458. The molecule has 0 unspecified atom stereocenters. The molecule has 1 aromatic carbocycles. The molecular formula is C19H24N2O5. The summed E-state index contributed by atoms with van der Waals surface area (Å²) < 4.78 is 5.01. The number of carbonyl (C=O) groups excluding carboxylic acids is 4. The minimum Gasteiger partial charge on any atom is -0.456 e. The van der Waals surface area contributed by atoms with Crippen LogP contribution in [-0.2, 0) is 19.1 Å². The second-order valence-corrected chi connectivity index (χ2v) is 6.19. The van der Waals surface area contributed by atoms with E-state index in [-0.39, 0.29) is 30.7 Å². The topological polar surface area (TPSA) is 92.8 Å². The molecule has 0 atom stereocenters. The van der Waals surface area contributed by atoms with E-state index in [0.29, 0.717) is 30.6 Å². The van der Waals surface area contributed by atoms with Crippen LogP contribution in [0.15, 0.2) is 24.3 Å². The van der Waals surface area contributed by atoms with Crippen molar-refractivity contribution in [2.24, 2.45) is 0 Å². The van der Waals surface area contributed by atoms with Crippen LogP contribution in [0, 0.1) is 0 Å². The molecule has 1 aliphatic rings. The lowest BCUT2D eigenvalue weighted by Crippen LogP contribution is -2.36. The van der Waals surface area contributed by atoms with Gasteiger partial charge < -0.3 is 15.0 Å². The lowest BCUT2D eigenvalue weighted by atomic mass is 10.1. The van der Waals surface area contributed by atoms with Crippen LogP contribution in [0.3, 0.4) is 0 Å². The summed E-state index contributed by atoms with van der Waals surface area (Å²) in [4.78, 5) is 48.7. The fourth-order valence-electron chi connectivity index (χ4n) is 2.63. The van der Waals surface area contributed by atoms with Gasteiger partial charge in [0.25, 0.3) is 0 Å². The van der Waals surface area contributed by atoms with Gasteiger partial charge in [0.1, 0.15) is 6.54 Å². The Hall–Kier alpha value is -2.70. The lowest BCUT2D eigenvalue weighted by molar-refractivity contribution is -0.148. The first-order valence-corrected chi connectivity index (χ1v) is 8.86. The predicted octanol–water partition coefficient (Wildman–Crippen LogP) is 2.16. The van der Waals surface area contributed by atoms with E-state index < -0.39 is 5.97 Å². The van der Waals surface area contributed by atoms with Gasteiger partial charge in [0.15, 0.2) is 12.4 Å². The van der Waals surface area contributed by atoms with Gasteiger partial charge >= 0.3 is 5.97 Å².